The molecule has 1 aliphatic rings. The van der Waals surface area contributed by atoms with Gasteiger partial charge in [-0.1, -0.05) is 6.07 Å². The first-order chi connectivity index (χ1) is 9.69. The number of rotatable bonds is 3. The maximum absolute atomic E-state index is 12.0. The average molecular weight is 315 g/mol. The molecular weight excluding hydrogens is 296 g/mol. The topological polar surface area (TPSA) is 91.5 Å². The SMILES string of the molecule is CNC(=O)Nc1cccc(NC(=O)C2COCCN2)c1.Cl. The maximum Gasteiger partial charge on any atom is 0.318 e. The maximum atomic E-state index is 12.0. The number of morpholine rings is 1. The van der Waals surface area contributed by atoms with Crippen LogP contribution in [0.5, 0.6) is 0 Å². The van der Waals surface area contributed by atoms with Gasteiger partial charge < -0.3 is 26.0 Å². The van der Waals surface area contributed by atoms with E-state index in [0.717, 1.165) is 0 Å². The molecular formula is C13H19ClN4O3. The molecule has 21 heavy (non-hydrogen) atoms. The summed E-state index contributed by atoms with van der Waals surface area (Å²) in [5, 5.41) is 11.0. The smallest absolute Gasteiger partial charge is 0.318 e. The minimum Gasteiger partial charge on any atom is -0.378 e. The Morgan fingerprint density at radius 1 is 1.29 bits per heavy atom. The van der Waals surface area contributed by atoms with E-state index < -0.39 is 0 Å². The zero-order chi connectivity index (χ0) is 14.4. The fourth-order valence-corrected chi connectivity index (χ4v) is 1.83. The van der Waals surface area contributed by atoms with Crippen LogP contribution in [0.25, 0.3) is 0 Å². The molecule has 1 atom stereocenters. The predicted octanol–water partition coefficient (Wildman–Crippen LogP) is 0.787. The summed E-state index contributed by atoms with van der Waals surface area (Å²) < 4.78 is 5.24. The molecule has 4 N–H and O–H groups in total. The lowest BCUT2D eigenvalue weighted by molar-refractivity contribution is -0.120. The molecule has 0 aromatic heterocycles. The van der Waals surface area contributed by atoms with Crippen LogP contribution in [0.1, 0.15) is 0 Å². The molecule has 0 saturated carbocycles. The Labute approximate surface area is 129 Å². The molecule has 0 radical (unpaired) electrons. The van der Waals surface area contributed by atoms with Crippen LogP contribution in [0.15, 0.2) is 24.3 Å². The third kappa shape index (κ3) is 5.22. The van der Waals surface area contributed by atoms with Crippen LogP contribution in [0.2, 0.25) is 0 Å². The third-order valence-corrected chi connectivity index (χ3v) is 2.85. The first-order valence-electron chi connectivity index (χ1n) is 6.40. The fourth-order valence-electron chi connectivity index (χ4n) is 1.83. The summed E-state index contributed by atoms with van der Waals surface area (Å²) in [6.45, 7) is 1.65. The van der Waals surface area contributed by atoms with Crippen molar-refractivity contribution in [3.63, 3.8) is 0 Å². The highest BCUT2D eigenvalue weighted by atomic mass is 35.5. The molecule has 7 nitrogen and oxygen atoms in total. The molecule has 1 heterocycles. The van der Waals surface area contributed by atoms with Gasteiger partial charge in [-0.3, -0.25) is 4.79 Å². The monoisotopic (exact) mass is 314 g/mol. The van der Waals surface area contributed by atoms with Gasteiger partial charge >= 0.3 is 6.03 Å². The Morgan fingerprint density at radius 2 is 2.00 bits per heavy atom. The van der Waals surface area contributed by atoms with Gasteiger partial charge in [-0.15, -0.1) is 12.4 Å². The van der Waals surface area contributed by atoms with E-state index in [0.29, 0.717) is 31.1 Å². The number of nitrogens with one attached hydrogen (secondary N) is 4. The second-order valence-electron chi connectivity index (χ2n) is 4.36. The first-order valence-corrected chi connectivity index (χ1v) is 6.40. The van der Waals surface area contributed by atoms with Crippen molar-refractivity contribution in [2.75, 3.05) is 37.4 Å². The highest BCUT2D eigenvalue weighted by Crippen LogP contribution is 2.15. The molecule has 0 spiro atoms. The Morgan fingerprint density at radius 3 is 2.62 bits per heavy atom. The Kier molecular flexibility index (Phi) is 6.93. The number of urea groups is 1. The zero-order valence-electron chi connectivity index (χ0n) is 11.6. The van der Waals surface area contributed by atoms with Crippen molar-refractivity contribution in [2.24, 2.45) is 0 Å². The second kappa shape index (κ2) is 8.46. The van der Waals surface area contributed by atoms with E-state index in [1.807, 2.05) is 0 Å². The Balaban J connectivity index is 0.00000220. The average Bonchev–Trinajstić information content (AvgIpc) is 2.48. The van der Waals surface area contributed by atoms with Gasteiger partial charge in [0, 0.05) is 25.0 Å². The predicted molar refractivity (Wildman–Crippen MR) is 83.0 cm³/mol. The van der Waals surface area contributed by atoms with Gasteiger partial charge in [0.1, 0.15) is 6.04 Å². The van der Waals surface area contributed by atoms with Gasteiger partial charge in [-0.2, -0.15) is 0 Å². The van der Waals surface area contributed by atoms with Crippen molar-refractivity contribution >= 4 is 35.7 Å². The largest absolute Gasteiger partial charge is 0.378 e. The van der Waals surface area contributed by atoms with E-state index in [-0.39, 0.29) is 30.4 Å². The van der Waals surface area contributed by atoms with Crippen LogP contribution in [-0.2, 0) is 9.53 Å². The van der Waals surface area contributed by atoms with Crippen molar-refractivity contribution < 1.29 is 14.3 Å². The van der Waals surface area contributed by atoms with Crippen LogP contribution in [-0.4, -0.2) is 44.8 Å². The Hall–Kier alpha value is -1.83. The molecule has 2 rings (SSSR count). The van der Waals surface area contributed by atoms with Gasteiger partial charge in [0.15, 0.2) is 0 Å². The summed E-state index contributed by atoms with van der Waals surface area (Å²) >= 11 is 0. The Bertz CT molecular complexity index is 492. The summed E-state index contributed by atoms with van der Waals surface area (Å²) in [4.78, 5) is 23.2. The van der Waals surface area contributed by atoms with Crippen molar-refractivity contribution in [3.05, 3.63) is 24.3 Å². The lowest BCUT2D eigenvalue weighted by Crippen LogP contribution is -2.48. The van der Waals surface area contributed by atoms with Crippen LogP contribution < -0.4 is 21.3 Å². The standard InChI is InChI=1S/C13H18N4O3.ClH/c1-14-13(19)17-10-4-2-3-9(7-10)16-12(18)11-8-20-6-5-15-11;/h2-4,7,11,15H,5-6,8H2,1H3,(H,16,18)(H2,14,17,19);1H. The van der Waals surface area contributed by atoms with Gasteiger partial charge in [0.25, 0.3) is 0 Å². The van der Waals surface area contributed by atoms with Crippen molar-refractivity contribution in [1.29, 1.82) is 0 Å². The molecule has 1 fully saturated rings. The molecule has 1 aromatic carbocycles. The normalized spacial score (nSPS) is 17.3. The van der Waals surface area contributed by atoms with E-state index in [1.54, 1.807) is 24.3 Å². The number of hydrogen-bond donors (Lipinski definition) is 4. The van der Waals surface area contributed by atoms with Crippen LogP contribution in [0, 0.1) is 0 Å². The van der Waals surface area contributed by atoms with E-state index in [2.05, 4.69) is 21.3 Å². The fraction of sp³-hybridized carbons (Fsp3) is 0.385. The second-order valence-corrected chi connectivity index (χ2v) is 4.36. The highest BCUT2D eigenvalue weighted by Gasteiger charge is 2.21. The summed E-state index contributed by atoms with van der Waals surface area (Å²) in [5.74, 6) is -0.151. The molecule has 116 valence electrons. The van der Waals surface area contributed by atoms with Gasteiger partial charge in [0.2, 0.25) is 5.91 Å². The summed E-state index contributed by atoms with van der Waals surface area (Å²) in [6.07, 6.45) is 0. The molecule has 1 aliphatic heterocycles. The van der Waals surface area contributed by atoms with Crippen molar-refractivity contribution in [3.8, 4) is 0 Å². The molecule has 1 saturated heterocycles. The van der Waals surface area contributed by atoms with E-state index in [9.17, 15) is 9.59 Å². The van der Waals surface area contributed by atoms with Crippen LogP contribution in [0.4, 0.5) is 16.2 Å². The zero-order valence-corrected chi connectivity index (χ0v) is 12.5. The number of anilines is 2. The molecule has 8 heteroatoms. The molecule has 1 unspecified atom stereocenters. The van der Waals surface area contributed by atoms with Gasteiger partial charge in [-0.25, -0.2) is 4.79 Å². The number of halogens is 1. The van der Waals surface area contributed by atoms with Crippen molar-refractivity contribution in [2.45, 2.75) is 6.04 Å². The van der Waals surface area contributed by atoms with Crippen LogP contribution >= 0.6 is 12.4 Å². The van der Waals surface area contributed by atoms with Crippen molar-refractivity contribution in [1.82, 2.24) is 10.6 Å². The number of carbonyl (C=O) groups excluding carboxylic acids is 2. The lowest BCUT2D eigenvalue weighted by atomic mass is 10.2. The minimum atomic E-state index is -0.348. The number of benzene rings is 1. The van der Waals surface area contributed by atoms with Crippen LogP contribution in [0.3, 0.4) is 0 Å². The van der Waals surface area contributed by atoms with Gasteiger partial charge in [0.05, 0.1) is 13.2 Å². The molecule has 0 bridgehead atoms. The van der Waals surface area contributed by atoms with E-state index in [1.165, 1.54) is 7.05 Å². The number of hydrogen-bond acceptors (Lipinski definition) is 4. The number of carbonyl (C=O) groups is 2. The highest BCUT2D eigenvalue weighted by molar-refractivity contribution is 5.96. The summed E-state index contributed by atoms with van der Waals surface area (Å²) in [6, 6.07) is 6.29. The van der Waals surface area contributed by atoms with E-state index in [4.69, 9.17) is 4.74 Å². The lowest BCUT2D eigenvalue weighted by Gasteiger charge is -2.23. The minimum absolute atomic E-state index is 0. The first kappa shape index (κ1) is 17.2. The molecule has 1 aromatic rings. The molecule has 3 amide bonds. The number of ether oxygens (including phenoxy) is 1. The molecule has 0 aliphatic carbocycles. The summed E-state index contributed by atoms with van der Waals surface area (Å²) in [5.41, 5.74) is 1.23. The quantitative estimate of drug-likeness (QED) is 0.664. The number of amides is 3. The van der Waals surface area contributed by atoms with Gasteiger partial charge in [-0.05, 0) is 18.2 Å². The third-order valence-electron chi connectivity index (χ3n) is 2.85. The van der Waals surface area contributed by atoms with E-state index >= 15 is 0 Å². The summed E-state index contributed by atoms with van der Waals surface area (Å²) in [7, 11) is 1.54.